The van der Waals surface area contributed by atoms with Crippen LogP contribution in [0.2, 0.25) is 0 Å². The molecule has 0 bridgehead atoms. The van der Waals surface area contributed by atoms with Gasteiger partial charge in [-0.05, 0) is 43.5 Å². The summed E-state index contributed by atoms with van der Waals surface area (Å²) in [6.07, 6.45) is 3.16. The summed E-state index contributed by atoms with van der Waals surface area (Å²) in [7, 11) is 0. The van der Waals surface area contributed by atoms with Crippen LogP contribution in [0.1, 0.15) is 29.6 Å². The van der Waals surface area contributed by atoms with Gasteiger partial charge in [-0.1, -0.05) is 24.3 Å². The van der Waals surface area contributed by atoms with Crippen LogP contribution in [0, 0.1) is 0 Å². The lowest BCUT2D eigenvalue weighted by Crippen LogP contribution is -2.41. The van der Waals surface area contributed by atoms with Gasteiger partial charge in [-0.2, -0.15) is 0 Å². The van der Waals surface area contributed by atoms with Gasteiger partial charge in [0.15, 0.2) is 0 Å². The van der Waals surface area contributed by atoms with E-state index in [9.17, 15) is 14.4 Å². The average Bonchev–Trinajstić information content (AvgIpc) is 2.76. The Morgan fingerprint density at radius 2 is 1.69 bits per heavy atom. The first kappa shape index (κ1) is 19.5. The Labute approximate surface area is 174 Å². The van der Waals surface area contributed by atoms with Crippen molar-refractivity contribution < 1.29 is 14.4 Å². The van der Waals surface area contributed by atoms with E-state index in [1.54, 1.807) is 24.3 Å². The van der Waals surface area contributed by atoms with Crippen molar-refractivity contribution in [1.82, 2.24) is 4.90 Å². The van der Waals surface area contributed by atoms with Gasteiger partial charge in [0.2, 0.25) is 11.8 Å². The van der Waals surface area contributed by atoms with E-state index in [2.05, 4.69) is 5.32 Å². The number of carbonyl (C=O) groups excluding carboxylic acids is 3. The molecule has 150 valence electrons. The number of anilines is 2. The minimum Gasteiger partial charge on any atom is -0.339 e. The molecule has 1 fully saturated rings. The molecular weight excluding hydrogens is 386 g/mol. The molecule has 7 heteroatoms. The fourth-order valence-electron chi connectivity index (χ4n) is 3.71. The summed E-state index contributed by atoms with van der Waals surface area (Å²) in [5.41, 5.74) is 1.73. The lowest BCUT2D eigenvalue weighted by molar-refractivity contribution is -0.120. The van der Waals surface area contributed by atoms with Crippen LogP contribution in [0.4, 0.5) is 11.4 Å². The monoisotopic (exact) mass is 409 g/mol. The third-order valence-corrected chi connectivity index (χ3v) is 6.23. The lowest BCUT2D eigenvalue weighted by atomic mass is 10.1. The molecule has 2 aromatic carbocycles. The van der Waals surface area contributed by atoms with Crippen LogP contribution in [0.15, 0.2) is 53.4 Å². The van der Waals surface area contributed by atoms with Gasteiger partial charge in [-0.3, -0.25) is 14.4 Å². The van der Waals surface area contributed by atoms with Crippen molar-refractivity contribution in [3.63, 3.8) is 0 Å². The number of piperidine rings is 1. The van der Waals surface area contributed by atoms with Crippen molar-refractivity contribution in [3.8, 4) is 0 Å². The van der Waals surface area contributed by atoms with Crippen molar-refractivity contribution in [2.45, 2.75) is 24.2 Å². The summed E-state index contributed by atoms with van der Waals surface area (Å²) < 4.78 is 0. The molecule has 6 nitrogen and oxygen atoms in total. The van der Waals surface area contributed by atoms with E-state index < -0.39 is 0 Å². The molecule has 2 aromatic rings. The smallest absolute Gasteiger partial charge is 0.255 e. The number of amides is 3. The van der Waals surface area contributed by atoms with E-state index in [0.29, 0.717) is 17.0 Å². The standard InChI is InChI=1S/C22H23N3O3S/c26-20(14-25-18-10-4-5-11-19(18)29-15-21(25)27)23-17-9-3-2-8-16(17)22(28)24-12-6-1-7-13-24/h2-5,8-11H,1,6-7,12-15H2,(H,23,26). The maximum atomic E-state index is 12.9. The molecule has 0 unspecified atom stereocenters. The summed E-state index contributed by atoms with van der Waals surface area (Å²) in [6.45, 7) is 1.42. The highest BCUT2D eigenvalue weighted by atomic mass is 32.2. The Balaban J connectivity index is 1.49. The molecule has 3 amide bonds. The molecule has 0 atom stereocenters. The Morgan fingerprint density at radius 1 is 0.966 bits per heavy atom. The first-order valence-electron chi connectivity index (χ1n) is 9.84. The van der Waals surface area contributed by atoms with Crippen LogP contribution < -0.4 is 10.2 Å². The van der Waals surface area contributed by atoms with Crippen LogP contribution >= 0.6 is 11.8 Å². The van der Waals surface area contributed by atoms with Gasteiger partial charge < -0.3 is 15.1 Å². The number of carbonyl (C=O) groups is 3. The zero-order valence-electron chi connectivity index (χ0n) is 16.1. The number of fused-ring (bicyclic) bond motifs is 1. The van der Waals surface area contributed by atoms with E-state index in [-0.39, 0.29) is 24.3 Å². The molecular formula is C22H23N3O3S. The third-order valence-electron chi connectivity index (χ3n) is 5.18. The van der Waals surface area contributed by atoms with E-state index in [0.717, 1.165) is 42.9 Å². The van der Waals surface area contributed by atoms with Crippen LogP contribution in [0.25, 0.3) is 0 Å². The number of thioether (sulfide) groups is 1. The van der Waals surface area contributed by atoms with Gasteiger partial charge in [-0.25, -0.2) is 0 Å². The highest BCUT2D eigenvalue weighted by Crippen LogP contribution is 2.34. The maximum absolute atomic E-state index is 12.9. The molecule has 0 aromatic heterocycles. The Kier molecular flexibility index (Phi) is 5.85. The zero-order valence-corrected chi connectivity index (χ0v) is 16.9. The van der Waals surface area contributed by atoms with E-state index in [1.807, 2.05) is 29.2 Å². The quantitative estimate of drug-likeness (QED) is 0.840. The molecule has 0 spiro atoms. The number of nitrogens with one attached hydrogen (secondary N) is 1. The van der Waals surface area contributed by atoms with Gasteiger partial charge in [0.05, 0.1) is 22.7 Å². The van der Waals surface area contributed by atoms with Crippen molar-refractivity contribution in [2.24, 2.45) is 0 Å². The van der Waals surface area contributed by atoms with Crippen LogP contribution in [-0.2, 0) is 9.59 Å². The summed E-state index contributed by atoms with van der Waals surface area (Å²) in [6, 6.07) is 14.6. The molecule has 0 saturated carbocycles. The molecule has 2 heterocycles. The van der Waals surface area contributed by atoms with Gasteiger partial charge >= 0.3 is 0 Å². The van der Waals surface area contributed by atoms with Gasteiger partial charge in [0.25, 0.3) is 5.91 Å². The molecule has 29 heavy (non-hydrogen) atoms. The van der Waals surface area contributed by atoms with Crippen LogP contribution in [0.3, 0.4) is 0 Å². The number of likely N-dealkylation sites (tertiary alicyclic amines) is 1. The van der Waals surface area contributed by atoms with Crippen LogP contribution in [-0.4, -0.2) is 48.0 Å². The number of hydrogen-bond acceptors (Lipinski definition) is 4. The largest absolute Gasteiger partial charge is 0.339 e. The summed E-state index contributed by atoms with van der Waals surface area (Å²) >= 11 is 1.48. The maximum Gasteiger partial charge on any atom is 0.255 e. The molecule has 2 aliphatic rings. The first-order valence-corrected chi connectivity index (χ1v) is 10.8. The number of para-hydroxylation sites is 2. The fourth-order valence-corrected chi connectivity index (χ4v) is 4.64. The minimum atomic E-state index is -0.320. The van der Waals surface area contributed by atoms with Gasteiger partial charge in [-0.15, -0.1) is 11.8 Å². The van der Waals surface area contributed by atoms with E-state index in [4.69, 9.17) is 0 Å². The SMILES string of the molecule is O=C(CN1C(=O)CSc2ccccc21)Nc1ccccc1C(=O)N1CCCCC1. The second kappa shape index (κ2) is 8.69. The van der Waals surface area contributed by atoms with E-state index in [1.165, 1.54) is 16.7 Å². The van der Waals surface area contributed by atoms with Crippen LogP contribution in [0.5, 0.6) is 0 Å². The molecule has 2 aliphatic heterocycles. The first-order chi connectivity index (χ1) is 14.1. The summed E-state index contributed by atoms with van der Waals surface area (Å²) in [5.74, 6) is -0.161. The molecule has 0 radical (unpaired) electrons. The number of benzene rings is 2. The van der Waals surface area contributed by atoms with Gasteiger partial charge in [0.1, 0.15) is 6.54 Å². The van der Waals surface area contributed by atoms with E-state index >= 15 is 0 Å². The lowest BCUT2D eigenvalue weighted by Gasteiger charge is -2.29. The third kappa shape index (κ3) is 4.29. The predicted molar refractivity (Wildman–Crippen MR) is 114 cm³/mol. The second-order valence-electron chi connectivity index (χ2n) is 7.18. The number of nitrogens with zero attached hydrogens (tertiary/aromatic N) is 2. The minimum absolute atomic E-state index is 0.0589. The Hall–Kier alpha value is -2.80. The summed E-state index contributed by atoms with van der Waals surface area (Å²) in [4.78, 5) is 42.4. The highest BCUT2D eigenvalue weighted by Gasteiger charge is 2.27. The van der Waals surface area contributed by atoms with Crippen molar-refractivity contribution in [1.29, 1.82) is 0 Å². The zero-order chi connectivity index (χ0) is 20.2. The normalized spacial score (nSPS) is 16.3. The number of rotatable bonds is 4. The Bertz CT molecular complexity index is 940. The molecule has 4 rings (SSSR count). The number of hydrogen-bond donors (Lipinski definition) is 1. The van der Waals surface area contributed by atoms with Gasteiger partial charge in [0, 0.05) is 18.0 Å². The summed E-state index contributed by atoms with van der Waals surface area (Å²) in [5, 5.41) is 2.84. The van der Waals surface area contributed by atoms with Crippen molar-refractivity contribution >= 4 is 40.9 Å². The molecule has 0 aliphatic carbocycles. The topological polar surface area (TPSA) is 69.7 Å². The van der Waals surface area contributed by atoms with Crippen molar-refractivity contribution in [3.05, 3.63) is 54.1 Å². The average molecular weight is 410 g/mol. The molecule has 1 saturated heterocycles. The van der Waals surface area contributed by atoms with Crippen molar-refractivity contribution in [2.75, 3.05) is 35.6 Å². The molecule has 1 N–H and O–H groups in total. The second-order valence-corrected chi connectivity index (χ2v) is 8.20. The fraction of sp³-hybridized carbons (Fsp3) is 0.318. The predicted octanol–water partition coefficient (Wildman–Crippen LogP) is 3.39. The highest BCUT2D eigenvalue weighted by molar-refractivity contribution is 8.00. The Morgan fingerprint density at radius 3 is 2.52 bits per heavy atom.